The Balaban J connectivity index is 2.19. The molecule has 0 N–H and O–H groups in total. The second-order valence-electron chi connectivity index (χ2n) is 3.32. The molecule has 0 saturated heterocycles. The second-order valence-corrected chi connectivity index (χ2v) is 3.32. The molecule has 0 radical (unpaired) electrons. The van der Waals surface area contributed by atoms with Gasteiger partial charge >= 0.3 is 0 Å². The first-order chi connectivity index (χ1) is 6.36. The molecule has 2 rings (SSSR count). The van der Waals surface area contributed by atoms with Crippen LogP contribution in [0.3, 0.4) is 0 Å². The summed E-state index contributed by atoms with van der Waals surface area (Å²) in [6.45, 7) is 0. The van der Waals surface area contributed by atoms with Gasteiger partial charge in [-0.15, -0.1) is 0 Å². The molecule has 2 nitrogen and oxygen atoms in total. The summed E-state index contributed by atoms with van der Waals surface area (Å²) >= 11 is 0. The fraction of sp³-hybridized carbons (Fsp3) is 0.364. The highest BCUT2D eigenvalue weighted by molar-refractivity contribution is 5.99. The number of hydrogen-bond acceptors (Lipinski definition) is 2. The predicted molar refractivity (Wildman–Crippen MR) is 50.2 cm³/mol. The Bertz CT molecular complexity index is 320. The Morgan fingerprint density at radius 2 is 2.15 bits per heavy atom. The number of furan rings is 1. The molecule has 1 heterocycles. The van der Waals surface area contributed by atoms with E-state index < -0.39 is 0 Å². The monoisotopic (exact) mass is 176 g/mol. The standard InChI is InChI=1S/C11H12O2/c12-11-6-2-1-4-9(11)8-10-5-3-7-13-10/h3,5,7-8H,1-2,4,6H2/b9-8-. The van der Waals surface area contributed by atoms with E-state index in [9.17, 15) is 4.79 Å². The molecule has 1 aromatic heterocycles. The maximum atomic E-state index is 11.4. The molecule has 68 valence electrons. The van der Waals surface area contributed by atoms with E-state index in [2.05, 4.69) is 0 Å². The maximum Gasteiger partial charge on any atom is 0.158 e. The fourth-order valence-corrected chi connectivity index (χ4v) is 1.60. The highest BCUT2D eigenvalue weighted by atomic mass is 16.3. The fourth-order valence-electron chi connectivity index (χ4n) is 1.60. The molecule has 1 saturated carbocycles. The van der Waals surface area contributed by atoms with E-state index in [0.29, 0.717) is 6.42 Å². The van der Waals surface area contributed by atoms with Crippen LogP contribution in [0.1, 0.15) is 31.4 Å². The smallest absolute Gasteiger partial charge is 0.158 e. The van der Waals surface area contributed by atoms with Crippen LogP contribution in [0, 0.1) is 0 Å². The SMILES string of the molecule is O=C1CCCC/C1=C/c1ccco1. The van der Waals surface area contributed by atoms with Crippen LogP contribution in [-0.4, -0.2) is 5.78 Å². The molecule has 2 heteroatoms. The number of Topliss-reactive ketones (excluding diaryl/α,β-unsaturated/α-hetero) is 1. The summed E-state index contributed by atoms with van der Waals surface area (Å²) in [7, 11) is 0. The van der Waals surface area contributed by atoms with Crippen molar-refractivity contribution >= 4 is 11.9 Å². The zero-order chi connectivity index (χ0) is 9.10. The van der Waals surface area contributed by atoms with Gasteiger partial charge in [0.15, 0.2) is 5.78 Å². The van der Waals surface area contributed by atoms with Gasteiger partial charge in [-0.2, -0.15) is 0 Å². The van der Waals surface area contributed by atoms with Gasteiger partial charge in [0.1, 0.15) is 5.76 Å². The van der Waals surface area contributed by atoms with Crippen LogP contribution in [0.5, 0.6) is 0 Å². The first-order valence-corrected chi connectivity index (χ1v) is 4.63. The highest BCUT2D eigenvalue weighted by Crippen LogP contribution is 2.22. The van der Waals surface area contributed by atoms with Gasteiger partial charge in [0.05, 0.1) is 6.26 Å². The molecule has 1 fully saturated rings. The van der Waals surface area contributed by atoms with Crippen molar-refractivity contribution in [3.8, 4) is 0 Å². The summed E-state index contributed by atoms with van der Waals surface area (Å²) in [4.78, 5) is 11.4. The van der Waals surface area contributed by atoms with Gasteiger partial charge in [0.25, 0.3) is 0 Å². The molecular formula is C11H12O2. The molecule has 0 atom stereocenters. The minimum absolute atomic E-state index is 0.280. The van der Waals surface area contributed by atoms with Crippen LogP contribution in [0.25, 0.3) is 6.08 Å². The van der Waals surface area contributed by atoms with Gasteiger partial charge in [0.2, 0.25) is 0 Å². The number of carbonyl (C=O) groups excluding carboxylic acids is 1. The van der Waals surface area contributed by atoms with E-state index in [4.69, 9.17) is 4.42 Å². The number of hydrogen-bond donors (Lipinski definition) is 0. The van der Waals surface area contributed by atoms with Crippen molar-refractivity contribution in [3.63, 3.8) is 0 Å². The lowest BCUT2D eigenvalue weighted by Crippen LogP contribution is -2.07. The Hall–Kier alpha value is -1.31. The molecule has 0 aromatic carbocycles. The molecule has 0 spiro atoms. The minimum atomic E-state index is 0.280. The summed E-state index contributed by atoms with van der Waals surface area (Å²) in [5.74, 6) is 1.06. The van der Waals surface area contributed by atoms with Crippen molar-refractivity contribution in [2.75, 3.05) is 0 Å². The van der Waals surface area contributed by atoms with Crippen LogP contribution in [0.2, 0.25) is 0 Å². The van der Waals surface area contributed by atoms with E-state index in [1.807, 2.05) is 18.2 Å². The zero-order valence-corrected chi connectivity index (χ0v) is 7.45. The molecule has 0 bridgehead atoms. The molecule has 1 aliphatic rings. The third-order valence-electron chi connectivity index (χ3n) is 2.32. The third-order valence-corrected chi connectivity index (χ3v) is 2.32. The van der Waals surface area contributed by atoms with Crippen LogP contribution < -0.4 is 0 Å². The average molecular weight is 176 g/mol. The highest BCUT2D eigenvalue weighted by Gasteiger charge is 2.14. The predicted octanol–water partition coefficient (Wildman–Crippen LogP) is 2.81. The van der Waals surface area contributed by atoms with E-state index in [1.165, 1.54) is 0 Å². The Morgan fingerprint density at radius 3 is 2.85 bits per heavy atom. The normalized spacial score (nSPS) is 20.9. The molecule has 1 aliphatic carbocycles. The number of allylic oxidation sites excluding steroid dienone is 1. The number of carbonyl (C=O) groups is 1. The van der Waals surface area contributed by atoms with E-state index >= 15 is 0 Å². The molecule has 0 amide bonds. The summed E-state index contributed by atoms with van der Waals surface area (Å²) in [5, 5.41) is 0. The van der Waals surface area contributed by atoms with Gasteiger partial charge < -0.3 is 4.42 Å². The second kappa shape index (κ2) is 3.60. The molecular weight excluding hydrogens is 164 g/mol. The zero-order valence-electron chi connectivity index (χ0n) is 7.45. The van der Waals surface area contributed by atoms with Gasteiger partial charge in [-0.3, -0.25) is 4.79 Å². The van der Waals surface area contributed by atoms with Crippen LogP contribution >= 0.6 is 0 Å². The van der Waals surface area contributed by atoms with E-state index in [-0.39, 0.29) is 5.78 Å². The van der Waals surface area contributed by atoms with Crippen LogP contribution in [-0.2, 0) is 4.79 Å². The summed E-state index contributed by atoms with van der Waals surface area (Å²) in [5.41, 5.74) is 0.918. The van der Waals surface area contributed by atoms with E-state index in [0.717, 1.165) is 30.6 Å². The molecule has 1 aromatic rings. The van der Waals surface area contributed by atoms with Crippen molar-refractivity contribution in [1.29, 1.82) is 0 Å². The Kier molecular flexibility index (Phi) is 2.30. The lowest BCUT2D eigenvalue weighted by Gasteiger charge is -2.11. The topological polar surface area (TPSA) is 30.2 Å². The van der Waals surface area contributed by atoms with Crippen LogP contribution in [0.4, 0.5) is 0 Å². The first kappa shape index (κ1) is 8.30. The number of ketones is 1. The van der Waals surface area contributed by atoms with Crippen molar-refractivity contribution in [2.24, 2.45) is 0 Å². The van der Waals surface area contributed by atoms with Gasteiger partial charge in [-0.05, 0) is 43.0 Å². The van der Waals surface area contributed by atoms with Crippen LogP contribution in [0.15, 0.2) is 28.4 Å². The van der Waals surface area contributed by atoms with Crippen molar-refractivity contribution in [2.45, 2.75) is 25.7 Å². The van der Waals surface area contributed by atoms with Crippen molar-refractivity contribution in [3.05, 3.63) is 29.7 Å². The van der Waals surface area contributed by atoms with Gasteiger partial charge in [-0.25, -0.2) is 0 Å². The lowest BCUT2D eigenvalue weighted by molar-refractivity contribution is -0.116. The van der Waals surface area contributed by atoms with Crippen molar-refractivity contribution < 1.29 is 9.21 Å². The number of rotatable bonds is 1. The Morgan fingerprint density at radius 1 is 1.31 bits per heavy atom. The molecule has 0 aliphatic heterocycles. The minimum Gasteiger partial charge on any atom is -0.465 e. The Labute approximate surface area is 77.2 Å². The quantitative estimate of drug-likeness (QED) is 0.616. The summed E-state index contributed by atoms with van der Waals surface area (Å²) in [6.07, 6.45) is 7.25. The maximum absolute atomic E-state index is 11.4. The molecule has 13 heavy (non-hydrogen) atoms. The lowest BCUT2D eigenvalue weighted by atomic mass is 9.93. The van der Waals surface area contributed by atoms with Gasteiger partial charge in [0, 0.05) is 6.42 Å². The first-order valence-electron chi connectivity index (χ1n) is 4.63. The van der Waals surface area contributed by atoms with Gasteiger partial charge in [-0.1, -0.05) is 0 Å². The molecule has 0 unspecified atom stereocenters. The average Bonchev–Trinajstić information content (AvgIpc) is 2.61. The van der Waals surface area contributed by atoms with E-state index in [1.54, 1.807) is 6.26 Å². The van der Waals surface area contributed by atoms with Crippen molar-refractivity contribution in [1.82, 2.24) is 0 Å². The third kappa shape index (κ3) is 1.89. The largest absolute Gasteiger partial charge is 0.465 e. The summed E-state index contributed by atoms with van der Waals surface area (Å²) in [6, 6.07) is 3.70. The summed E-state index contributed by atoms with van der Waals surface area (Å²) < 4.78 is 5.16.